The van der Waals surface area contributed by atoms with Crippen molar-refractivity contribution in [1.29, 1.82) is 0 Å². The molecule has 0 unspecified atom stereocenters. The average Bonchev–Trinajstić information content (AvgIpc) is 2.71. The molecule has 2 rings (SSSR count). The molecule has 0 aliphatic rings. The van der Waals surface area contributed by atoms with Crippen LogP contribution in [0.5, 0.6) is 5.75 Å². The third-order valence-corrected chi connectivity index (χ3v) is 3.01. The standard InChI is InChI=1S/C13H16ClN3O/c1-8-16-11(5-6-15)13(17-8)9-3-4-12(18-2)10(14)7-9/h3-4,7H,5-6,15H2,1-2H3,(H,16,17). The molecule has 0 atom stereocenters. The van der Waals surface area contributed by atoms with Crippen LogP contribution in [0.15, 0.2) is 18.2 Å². The van der Waals surface area contributed by atoms with Crippen molar-refractivity contribution >= 4 is 11.6 Å². The van der Waals surface area contributed by atoms with Gasteiger partial charge in [-0.2, -0.15) is 0 Å². The number of aromatic amines is 1. The minimum atomic E-state index is 0.578. The van der Waals surface area contributed by atoms with Crippen LogP contribution in [0, 0.1) is 6.92 Å². The molecule has 1 aromatic heterocycles. The van der Waals surface area contributed by atoms with Crippen LogP contribution in [0.3, 0.4) is 0 Å². The Kier molecular flexibility index (Phi) is 3.89. The Labute approximate surface area is 111 Å². The summed E-state index contributed by atoms with van der Waals surface area (Å²) in [5, 5.41) is 0.578. The van der Waals surface area contributed by atoms with E-state index >= 15 is 0 Å². The van der Waals surface area contributed by atoms with Crippen LogP contribution in [-0.2, 0) is 6.42 Å². The Balaban J connectivity index is 2.44. The van der Waals surface area contributed by atoms with Crippen LogP contribution >= 0.6 is 11.6 Å². The number of methoxy groups -OCH3 is 1. The zero-order chi connectivity index (χ0) is 13.1. The molecule has 0 radical (unpaired) electrons. The number of rotatable bonds is 4. The summed E-state index contributed by atoms with van der Waals surface area (Å²) in [5.41, 5.74) is 8.51. The van der Waals surface area contributed by atoms with Gasteiger partial charge in [0.15, 0.2) is 0 Å². The first kappa shape index (κ1) is 12.9. The van der Waals surface area contributed by atoms with Gasteiger partial charge in [0, 0.05) is 17.7 Å². The first-order valence-corrected chi connectivity index (χ1v) is 6.13. The number of imidazole rings is 1. The molecule has 96 valence electrons. The summed E-state index contributed by atoms with van der Waals surface area (Å²) in [7, 11) is 1.60. The summed E-state index contributed by atoms with van der Waals surface area (Å²) < 4.78 is 5.14. The van der Waals surface area contributed by atoms with Crippen LogP contribution in [0.25, 0.3) is 11.3 Å². The van der Waals surface area contributed by atoms with Gasteiger partial charge < -0.3 is 15.5 Å². The number of aromatic nitrogens is 2. The SMILES string of the molecule is COc1ccc(-c2nc(C)[nH]c2CCN)cc1Cl. The lowest BCUT2D eigenvalue weighted by molar-refractivity contribution is 0.415. The van der Waals surface area contributed by atoms with Gasteiger partial charge in [-0.05, 0) is 31.7 Å². The largest absolute Gasteiger partial charge is 0.495 e. The van der Waals surface area contributed by atoms with Gasteiger partial charge in [0.2, 0.25) is 0 Å². The van der Waals surface area contributed by atoms with E-state index in [2.05, 4.69) is 9.97 Å². The van der Waals surface area contributed by atoms with Gasteiger partial charge in [0.05, 0.1) is 17.8 Å². The maximum atomic E-state index is 6.13. The fourth-order valence-electron chi connectivity index (χ4n) is 1.92. The smallest absolute Gasteiger partial charge is 0.137 e. The summed E-state index contributed by atoms with van der Waals surface area (Å²) in [6.45, 7) is 2.51. The monoisotopic (exact) mass is 265 g/mol. The molecule has 0 saturated heterocycles. The molecule has 18 heavy (non-hydrogen) atoms. The second-order valence-electron chi connectivity index (χ2n) is 4.04. The lowest BCUT2D eigenvalue weighted by Gasteiger charge is -2.06. The zero-order valence-corrected chi connectivity index (χ0v) is 11.2. The molecule has 4 nitrogen and oxygen atoms in total. The summed E-state index contributed by atoms with van der Waals surface area (Å²) in [6, 6.07) is 5.64. The molecule has 0 aliphatic heterocycles. The van der Waals surface area contributed by atoms with Crippen molar-refractivity contribution in [2.45, 2.75) is 13.3 Å². The molecule has 0 bridgehead atoms. The number of nitrogens with two attached hydrogens (primary N) is 1. The van der Waals surface area contributed by atoms with E-state index in [-0.39, 0.29) is 0 Å². The Bertz CT molecular complexity index is 551. The quantitative estimate of drug-likeness (QED) is 0.893. The van der Waals surface area contributed by atoms with Crippen molar-refractivity contribution in [1.82, 2.24) is 9.97 Å². The molecule has 0 spiro atoms. The molecule has 1 aromatic carbocycles. The lowest BCUT2D eigenvalue weighted by atomic mass is 10.1. The van der Waals surface area contributed by atoms with E-state index in [1.807, 2.05) is 25.1 Å². The Morgan fingerprint density at radius 3 is 2.83 bits per heavy atom. The summed E-state index contributed by atoms with van der Waals surface area (Å²) in [4.78, 5) is 7.71. The number of halogens is 1. The maximum absolute atomic E-state index is 6.13. The van der Waals surface area contributed by atoms with E-state index in [9.17, 15) is 0 Å². The van der Waals surface area contributed by atoms with E-state index in [1.54, 1.807) is 7.11 Å². The van der Waals surface area contributed by atoms with Crippen molar-refractivity contribution in [2.24, 2.45) is 5.73 Å². The summed E-state index contributed by atoms with van der Waals surface area (Å²) in [6.07, 6.45) is 0.764. The minimum absolute atomic E-state index is 0.578. The van der Waals surface area contributed by atoms with Crippen molar-refractivity contribution < 1.29 is 4.74 Å². The number of H-pyrrole nitrogens is 1. The highest BCUT2D eigenvalue weighted by Gasteiger charge is 2.11. The average molecular weight is 266 g/mol. The first-order valence-electron chi connectivity index (χ1n) is 5.75. The molecular formula is C13H16ClN3O. The van der Waals surface area contributed by atoms with E-state index in [1.165, 1.54) is 0 Å². The molecule has 3 N–H and O–H groups in total. The Morgan fingerprint density at radius 2 is 2.22 bits per heavy atom. The highest BCUT2D eigenvalue weighted by Crippen LogP contribution is 2.30. The number of nitrogens with one attached hydrogen (secondary N) is 1. The van der Waals surface area contributed by atoms with Gasteiger partial charge >= 0.3 is 0 Å². The molecule has 1 heterocycles. The third kappa shape index (κ3) is 2.49. The second kappa shape index (κ2) is 5.42. The van der Waals surface area contributed by atoms with Gasteiger partial charge in [-0.1, -0.05) is 11.6 Å². The van der Waals surface area contributed by atoms with Gasteiger partial charge in [0.25, 0.3) is 0 Å². The summed E-state index contributed by atoms with van der Waals surface area (Å²) in [5.74, 6) is 1.54. The van der Waals surface area contributed by atoms with Crippen LogP contribution < -0.4 is 10.5 Å². The van der Waals surface area contributed by atoms with E-state index < -0.39 is 0 Å². The van der Waals surface area contributed by atoms with Gasteiger partial charge in [-0.15, -0.1) is 0 Å². The Hall–Kier alpha value is -1.52. The molecular weight excluding hydrogens is 250 g/mol. The van der Waals surface area contributed by atoms with Gasteiger partial charge in [-0.3, -0.25) is 0 Å². The van der Waals surface area contributed by atoms with E-state index in [0.29, 0.717) is 17.3 Å². The van der Waals surface area contributed by atoms with Gasteiger partial charge in [0.1, 0.15) is 11.6 Å². The van der Waals surface area contributed by atoms with Crippen LogP contribution in [-0.4, -0.2) is 23.6 Å². The highest BCUT2D eigenvalue weighted by atomic mass is 35.5. The van der Waals surface area contributed by atoms with Crippen LogP contribution in [0.2, 0.25) is 5.02 Å². The van der Waals surface area contributed by atoms with E-state index in [4.69, 9.17) is 22.1 Å². The Morgan fingerprint density at radius 1 is 1.44 bits per heavy atom. The van der Waals surface area contributed by atoms with Gasteiger partial charge in [-0.25, -0.2) is 4.98 Å². The predicted molar refractivity (Wildman–Crippen MR) is 73.1 cm³/mol. The number of hydrogen-bond donors (Lipinski definition) is 2. The zero-order valence-electron chi connectivity index (χ0n) is 10.5. The molecule has 2 aromatic rings. The molecule has 0 amide bonds. The topological polar surface area (TPSA) is 63.9 Å². The maximum Gasteiger partial charge on any atom is 0.137 e. The minimum Gasteiger partial charge on any atom is -0.495 e. The highest BCUT2D eigenvalue weighted by molar-refractivity contribution is 6.32. The molecule has 0 fully saturated rings. The molecule has 5 heteroatoms. The lowest BCUT2D eigenvalue weighted by Crippen LogP contribution is -2.04. The van der Waals surface area contributed by atoms with Crippen LogP contribution in [0.1, 0.15) is 11.5 Å². The van der Waals surface area contributed by atoms with Crippen molar-refractivity contribution in [3.63, 3.8) is 0 Å². The molecule has 0 saturated carbocycles. The van der Waals surface area contributed by atoms with E-state index in [0.717, 1.165) is 29.2 Å². The van der Waals surface area contributed by atoms with Crippen molar-refractivity contribution in [2.75, 3.05) is 13.7 Å². The summed E-state index contributed by atoms with van der Waals surface area (Å²) >= 11 is 6.13. The molecule has 0 aliphatic carbocycles. The van der Waals surface area contributed by atoms with Crippen LogP contribution in [0.4, 0.5) is 0 Å². The fraction of sp³-hybridized carbons (Fsp3) is 0.308. The van der Waals surface area contributed by atoms with Crippen molar-refractivity contribution in [3.8, 4) is 17.0 Å². The third-order valence-electron chi connectivity index (χ3n) is 2.72. The number of benzene rings is 1. The number of hydrogen-bond acceptors (Lipinski definition) is 3. The number of ether oxygens (including phenoxy) is 1. The second-order valence-corrected chi connectivity index (χ2v) is 4.44. The number of aryl methyl sites for hydroxylation is 1. The van der Waals surface area contributed by atoms with Crippen molar-refractivity contribution in [3.05, 3.63) is 34.7 Å². The fourth-order valence-corrected chi connectivity index (χ4v) is 2.18. The number of nitrogens with zero attached hydrogens (tertiary/aromatic N) is 1. The first-order chi connectivity index (χ1) is 8.65. The normalized spacial score (nSPS) is 10.7. The predicted octanol–water partition coefficient (Wildman–Crippen LogP) is 2.55.